The van der Waals surface area contributed by atoms with Gasteiger partial charge in [0.25, 0.3) is 0 Å². The van der Waals surface area contributed by atoms with Crippen LogP contribution in [0.1, 0.15) is 24.9 Å². The summed E-state index contributed by atoms with van der Waals surface area (Å²) in [5, 5.41) is 9.55. The molecular weight excluding hydrogens is 192 g/mol. The average molecular weight is 204 g/mol. The lowest BCUT2D eigenvalue weighted by molar-refractivity contribution is 0.481. The maximum atomic E-state index is 11.4. The summed E-state index contributed by atoms with van der Waals surface area (Å²) in [5.74, 6) is 0. The normalized spacial score (nSPS) is 12.6. The van der Waals surface area contributed by atoms with E-state index in [9.17, 15) is 4.79 Å². The standard InChI is InChI=1S/C10H12N4O/c1-2-9(8-6-4-3-5-7-8)14-10(15)11-12-13-14/h3-7,9H,2H2,1H3,(H,11,13,15)/t9-/m0/s1. The van der Waals surface area contributed by atoms with E-state index in [0.717, 1.165) is 12.0 Å². The zero-order chi connectivity index (χ0) is 10.7. The van der Waals surface area contributed by atoms with Crippen LogP contribution in [0.15, 0.2) is 35.1 Å². The van der Waals surface area contributed by atoms with Crippen LogP contribution in [0.3, 0.4) is 0 Å². The summed E-state index contributed by atoms with van der Waals surface area (Å²) in [7, 11) is 0. The fraction of sp³-hybridized carbons (Fsp3) is 0.300. The lowest BCUT2D eigenvalue weighted by Gasteiger charge is -2.13. The Balaban J connectivity index is 2.42. The zero-order valence-corrected chi connectivity index (χ0v) is 8.42. The molecule has 2 rings (SSSR count). The lowest BCUT2D eigenvalue weighted by Crippen LogP contribution is -2.24. The fourth-order valence-electron chi connectivity index (χ4n) is 1.63. The molecule has 0 unspecified atom stereocenters. The van der Waals surface area contributed by atoms with Crippen molar-refractivity contribution in [2.24, 2.45) is 0 Å². The van der Waals surface area contributed by atoms with E-state index in [1.165, 1.54) is 4.68 Å². The average Bonchev–Trinajstić information content (AvgIpc) is 2.68. The Bertz CT molecular complexity index is 473. The van der Waals surface area contributed by atoms with E-state index in [1.54, 1.807) is 0 Å². The second-order valence-corrected chi connectivity index (χ2v) is 3.29. The smallest absolute Gasteiger partial charge is 0.244 e. The van der Waals surface area contributed by atoms with Crippen molar-refractivity contribution in [3.63, 3.8) is 0 Å². The Morgan fingerprint density at radius 2 is 2.13 bits per heavy atom. The summed E-state index contributed by atoms with van der Waals surface area (Å²) < 4.78 is 1.37. The fourth-order valence-corrected chi connectivity index (χ4v) is 1.63. The Morgan fingerprint density at radius 1 is 1.40 bits per heavy atom. The van der Waals surface area contributed by atoms with Gasteiger partial charge < -0.3 is 0 Å². The molecule has 1 aromatic heterocycles. The van der Waals surface area contributed by atoms with Gasteiger partial charge in [0.05, 0.1) is 6.04 Å². The van der Waals surface area contributed by atoms with Gasteiger partial charge in [-0.15, -0.1) is 0 Å². The molecule has 0 spiro atoms. The number of tetrazole rings is 1. The molecule has 1 atom stereocenters. The van der Waals surface area contributed by atoms with Gasteiger partial charge in [0.2, 0.25) is 0 Å². The predicted octanol–water partition coefficient (Wildman–Crippen LogP) is 0.966. The van der Waals surface area contributed by atoms with E-state index < -0.39 is 0 Å². The molecule has 5 nitrogen and oxygen atoms in total. The van der Waals surface area contributed by atoms with E-state index in [-0.39, 0.29) is 11.7 Å². The second kappa shape index (κ2) is 4.08. The largest absolute Gasteiger partial charge is 0.361 e. The monoisotopic (exact) mass is 204 g/mol. The van der Waals surface area contributed by atoms with E-state index in [4.69, 9.17) is 0 Å². The lowest BCUT2D eigenvalue weighted by atomic mass is 10.1. The number of H-pyrrole nitrogens is 1. The van der Waals surface area contributed by atoms with Gasteiger partial charge in [0, 0.05) is 0 Å². The van der Waals surface area contributed by atoms with E-state index in [0.29, 0.717) is 0 Å². The van der Waals surface area contributed by atoms with Crippen molar-refractivity contribution < 1.29 is 0 Å². The third-order valence-electron chi connectivity index (χ3n) is 2.36. The molecule has 0 aliphatic rings. The van der Waals surface area contributed by atoms with Crippen molar-refractivity contribution in [3.05, 3.63) is 46.4 Å². The molecule has 1 aromatic carbocycles. The summed E-state index contributed by atoms with van der Waals surface area (Å²) in [5.41, 5.74) is 0.793. The van der Waals surface area contributed by atoms with Crippen LogP contribution in [0.4, 0.5) is 0 Å². The zero-order valence-electron chi connectivity index (χ0n) is 8.42. The van der Waals surface area contributed by atoms with Crippen LogP contribution in [0.2, 0.25) is 0 Å². The highest BCUT2D eigenvalue weighted by molar-refractivity contribution is 5.18. The van der Waals surface area contributed by atoms with Gasteiger partial charge in [-0.25, -0.2) is 9.89 Å². The van der Waals surface area contributed by atoms with Crippen LogP contribution in [0.5, 0.6) is 0 Å². The molecule has 1 N–H and O–H groups in total. The molecule has 0 aliphatic carbocycles. The van der Waals surface area contributed by atoms with Gasteiger partial charge >= 0.3 is 5.69 Å². The molecule has 0 aliphatic heterocycles. The molecule has 0 radical (unpaired) electrons. The number of aromatic amines is 1. The van der Waals surface area contributed by atoms with Gasteiger partial charge in [0.1, 0.15) is 0 Å². The summed E-state index contributed by atoms with van der Waals surface area (Å²) in [6.45, 7) is 2.01. The minimum Gasteiger partial charge on any atom is -0.244 e. The molecule has 15 heavy (non-hydrogen) atoms. The van der Waals surface area contributed by atoms with E-state index in [2.05, 4.69) is 15.5 Å². The first kappa shape index (κ1) is 9.64. The predicted molar refractivity (Wildman–Crippen MR) is 55.5 cm³/mol. The van der Waals surface area contributed by atoms with Gasteiger partial charge in [-0.05, 0) is 22.4 Å². The molecule has 0 saturated carbocycles. The van der Waals surface area contributed by atoms with Crippen LogP contribution in [0.25, 0.3) is 0 Å². The third kappa shape index (κ3) is 1.81. The molecule has 2 aromatic rings. The van der Waals surface area contributed by atoms with Gasteiger partial charge in [-0.1, -0.05) is 37.3 Å². The number of aromatic nitrogens is 4. The highest BCUT2D eigenvalue weighted by Crippen LogP contribution is 2.18. The highest BCUT2D eigenvalue weighted by Gasteiger charge is 2.14. The van der Waals surface area contributed by atoms with Gasteiger partial charge in [0.15, 0.2) is 0 Å². The molecule has 0 saturated heterocycles. The first-order valence-electron chi connectivity index (χ1n) is 4.87. The van der Waals surface area contributed by atoms with E-state index in [1.807, 2.05) is 37.3 Å². The summed E-state index contributed by atoms with van der Waals surface area (Å²) >= 11 is 0. The first-order chi connectivity index (χ1) is 7.33. The molecular formula is C10H12N4O. The molecule has 0 fully saturated rings. The Kier molecular flexibility index (Phi) is 2.62. The number of benzene rings is 1. The van der Waals surface area contributed by atoms with Crippen LogP contribution in [-0.4, -0.2) is 20.2 Å². The van der Waals surface area contributed by atoms with Crippen molar-refractivity contribution in [2.45, 2.75) is 19.4 Å². The van der Waals surface area contributed by atoms with Gasteiger partial charge in [-0.3, -0.25) is 0 Å². The van der Waals surface area contributed by atoms with Crippen LogP contribution >= 0.6 is 0 Å². The van der Waals surface area contributed by atoms with E-state index >= 15 is 0 Å². The number of nitrogens with one attached hydrogen (secondary N) is 1. The van der Waals surface area contributed by atoms with Crippen LogP contribution in [0, 0.1) is 0 Å². The number of nitrogens with zero attached hydrogens (tertiary/aromatic N) is 3. The quantitative estimate of drug-likeness (QED) is 0.810. The third-order valence-corrected chi connectivity index (χ3v) is 2.36. The minimum absolute atomic E-state index is 0.0440. The Morgan fingerprint density at radius 3 is 2.67 bits per heavy atom. The molecule has 0 amide bonds. The number of hydrogen-bond acceptors (Lipinski definition) is 3. The van der Waals surface area contributed by atoms with Crippen LogP contribution < -0.4 is 5.69 Å². The van der Waals surface area contributed by atoms with Crippen molar-refractivity contribution in [3.8, 4) is 0 Å². The molecule has 0 bridgehead atoms. The van der Waals surface area contributed by atoms with Crippen molar-refractivity contribution in [1.82, 2.24) is 20.2 Å². The number of rotatable bonds is 3. The Hall–Kier alpha value is -1.91. The first-order valence-corrected chi connectivity index (χ1v) is 4.87. The van der Waals surface area contributed by atoms with Gasteiger partial charge in [-0.2, -0.15) is 4.68 Å². The van der Waals surface area contributed by atoms with Crippen molar-refractivity contribution in [2.75, 3.05) is 0 Å². The molecule has 1 heterocycles. The summed E-state index contributed by atoms with van der Waals surface area (Å²) in [6, 6.07) is 9.76. The molecule has 5 heteroatoms. The van der Waals surface area contributed by atoms with Crippen LogP contribution in [-0.2, 0) is 0 Å². The second-order valence-electron chi connectivity index (χ2n) is 3.29. The maximum Gasteiger partial charge on any atom is 0.361 e. The molecule has 78 valence electrons. The highest BCUT2D eigenvalue weighted by atomic mass is 16.2. The topological polar surface area (TPSA) is 63.6 Å². The summed E-state index contributed by atoms with van der Waals surface area (Å²) in [4.78, 5) is 11.4. The Labute approximate surface area is 86.7 Å². The number of hydrogen-bond donors (Lipinski definition) is 1. The SMILES string of the molecule is CC[C@@H](c1ccccc1)n1nn[nH]c1=O. The van der Waals surface area contributed by atoms with Crippen molar-refractivity contribution in [1.29, 1.82) is 0 Å². The maximum absolute atomic E-state index is 11.4. The van der Waals surface area contributed by atoms with Crippen molar-refractivity contribution >= 4 is 0 Å². The summed E-state index contributed by atoms with van der Waals surface area (Å²) in [6.07, 6.45) is 0.802. The minimum atomic E-state index is -0.272.